The van der Waals surface area contributed by atoms with Gasteiger partial charge in [-0.25, -0.2) is 13.2 Å². The summed E-state index contributed by atoms with van der Waals surface area (Å²) in [7, 11) is -2.93. The van der Waals surface area contributed by atoms with Crippen molar-refractivity contribution in [3.8, 4) is 0 Å². The Kier molecular flexibility index (Phi) is 3.74. The van der Waals surface area contributed by atoms with E-state index in [0.29, 0.717) is 13.0 Å². The molecule has 2 N–H and O–H groups in total. The molecule has 0 bridgehead atoms. The Morgan fingerprint density at radius 1 is 1.50 bits per heavy atom. The summed E-state index contributed by atoms with van der Waals surface area (Å²) in [5, 5.41) is 5.22. The van der Waals surface area contributed by atoms with Gasteiger partial charge in [-0.3, -0.25) is 0 Å². The number of carbonyl (C=O) groups is 1. The summed E-state index contributed by atoms with van der Waals surface area (Å²) in [4.78, 5) is 11.1. The quantitative estimate of drug-likeness (QED) is 0.681. The summed E-state index contributed by atoms with van der Waals surface area (Å²) >= 11 is 0. The molecule has 0 aliphatic carbocycles. The highest BCUT2D eigenvalue weighted by Crippen LogP contribution is 2.11. The maximum absolute atomic E-state index is 11.2. The van der Waals surface area contributed by atoms with E-state index >= 15 is 0 Å². The molecule has 0 aromatic heterocycles. The molecule has 0 aromatic rings. The molecule has 1 unspecified atom stereocenters. The lowest BCUT2D eigenvalue weighted by atomic mass is 10.2. The van der Waals surface area contributed by atoms with Crippen LogP contribution in [0.4, 0.5) is 4.79 Å². The van der Waals surface area contributed by atoms with Crippen molar-refractivity contribution in [3.05, 3.63) is 0 Å². The number of amides is 2. The third-order valence-electron chi connectivity index (χ3n) is 2.14. The summed E-state index contributed by atoms with van der Waals surface area (Å²) in [5.74, 6) is 0.324. The zero-order chi connectivity index (χ0) is 10.6. The number of rotatable bonds is 2. The van der Waals surface area contributed by atoms with Gasteiger partial charge in [0, 0.05) is 12.6 Å². The lowest BCUT2D eigenvalue weighted by Gasteiger charge is -2.22. The molecule has 1 heterocycles. The Morgan fingerprint density at radius 3 is 2.79 bits per heavy atom. The van der Waals surface area contributed by atoms with Gasteiger partial charge in [0.15, 0.2) is 9.84 Å². The van der Waals surface area contributed by atoms with Gasteiger partial charge in [0.2, 0.25) is 0 Å². The van der Waals surface area contributed by atoms with Gasteiger partial charge in [-0.1, -0.05) is 0 Å². The summed E-state index contributed by atoms with van der Waals surface area (Å²) in [6.45, 7) is 2.36. The van der Waals surface area contributed by atoms with Crippen LogP contribution in [0.1, 0.15) is 19.8 Å². The van der Waals surface area contributed by atoms with Crippen molar-refractivity contribution in [2.24, 2.45) is 0 Å². The number of urea groups is 1. The number of sulfone groups is 1. The number of hydrogen-bond acceptors (Lipinski definition) is 3. The third-order valence-corrected chi connectivity index (χ3v) is 3.96. The topological polar surface area (TPSA) is 75.3 Å². The molecule has 5 nitrogen and oxygen atoms in total. The van der Waals surface area contributed by atoms with E-state index in [9.17, 15) is 13.2 Å². The monoisotopic (exact) mass is 220 g/mol. The average Bonchev–Trinajstić information content (AvgIpc) is 2.02. The summed E-state index contributed by atoms with van der Waals surface area (Å²) in [5.41, 5.74) is 0. The highest BCUT2D eigenvalue weighted by molar-refractivity contribution is 7.91. The zero-order valence-electron chi connectivity index (χ0n) is 8.25. The largest absolute Gasteiger partial charge is 0.338 e. The van der Waals surface area contributed by atoms with E-state index in [1.54, 1.807) is 0 Å². The van der Waals surface area contributed by atoms with Crippen LogP contribution in [0.25, 0.3) is 0 Å². The molecule has 82 valence electrons. The molecule has 1 atom stereocenters. The molecule has 6 heteroatoms. The Morgan fingerprint density at radius 2 is 2.21 bits per heavy atom. The SMILES string of the molecule is CCNC(=O)NC1CCCS(=O)(=O)C1. The Labute approximate surface area is 84.2 Å². The minimum Gasteiger partial charge on any atom is -0.338 e. The molecule has 0 spiro atoms. The van der Waals surface area contributed by atoms with E-state index in [2.05, 4.69) is 10.6 Å². The van der Waals surface area contributed by atoms with Crippen LogP contribution in [0, 0.1) is 0 Å². The minimum atomic E-state index is -2.93. The van der Waals surface area contributed by atoms with Gasteiger partial charge in [-0.05, 0) is 19.8 Å². The molecular formula is C8H16N2O3S. The predicted molar refractivity (Wildman–Crippen MR) is 53.9 cm³/mol. The second-order valence-corrected chi connectivity index (χ2v) is 5.69. The first-order valence-corrected chi connectivity index (χ1v) is 6.60. The van der Waals surface area contributed by atoms with Gasteiger partial charge in [-0.2, -0.15) is 0 Å². The molecular weight excluding hydrogens is 204 g/mol. The van der Waals surface area contributed by atoms with Crippen molar-refractivity contribution in [2.45, 2.75) is 25.8 Å². The van der Waals surface area contributed by atoms with E-state index in [1.807, 2.05) is 6.92 Å². The first kappa shape index (κ1) is 11.3. The van der Waals surface area contributed by atoms with E-state index in [4.69, 9.17) is 0 Å². The van der Waals surface area contributed by atoms with Crippen LogP contribution in [-0.4, -0.2) is 38.5 Å². The van der Waals surface area contributed by atoms with Crippen LogP contribution in [-0.2, 0) is 9.84 Å². The highest BCUT2D eigenvalue weighted by Gasteiger charge is 2.25. The standard InChI is InChI=1S/C8H16N2O3S/c1-2-9-8(11)10-7-4-3-5-14(12,13)6-7/h7H,2-6H2,1H3,(H2,9,10,11). The fourth-order valence-corrected chi connectivity index (χ4v) is 3.17. The first-order chi connectivity index (χ1) is 6.53. The van der Waals surface area contributed by atoms with Gasteiger partial charge >= 0.3 is 6.03 Å². The lowest BCUT2D eigenvalue weighted by molar-refractivity contribution is 0.237. The van der Waals surface area contributed by atoms with Gasteiger partial charge in [0.1, 0.15) is 0 Å². The zero-order valence-corrected chi connectivity index (χ0v) is 9.06. The molecule has 1 saturated heterocycles. The van der Waals surface area contributed by atoms with E-state index in [0.717, 1.165) is 6.42 Å². The number of nitrogens with one attached hydrogen (secondary N) is 2. The Balaban J connectivity index is 2.42. The van der Waals surface area contributed by atoms with Crippen LogP contribution >= 0.6 is 0 Å². The molecule has 1 fully saturated rings. The maximum Gasteiger partial charge on any atom is 0.315 e. The van der Waals surface area contributed by atoms with Gasteiger partial charge in [0.25, 0.3) is 0 Å². The molecule has 14 heavy (non-hydrogen) atoms. The van der Waals surface area contributed by atoms with Gasteiger partial charge < -0.3 is 10.6 Å². The Bertz CT molecular complexity index is 300. The number of hydrogen-bond donors (Lipinski definition) is 2. The molecule has 0 radical (unpaired) electrons. The molecule has 2 amide bonds. The molecule has 1 rings (SSSR count). The van der Waals surface area contributed by atoms with Gasteiger partial charge in [-0.15, -0.1) is 0 Å². The van der Waals surface area contributed by atoms with Gasteiger partial charge in [0.05, 0.1) is 11.5 Å². The second-order valence-electron chi connectivity index (χ2n) is 3.46. The van der Waals surface area contributed by atoms with Crippen molar-refractivity contribution in [1.82, 2.24) is 10.6 Å². The average molecular weight is 220 g/mol. The fourth-order valence-electron chi connectivity index (χ4n) is 1.53. The van der Waals surface area contributed by atoms with Crippen LogP contribution in [0.15, 0.2) is 0 Å². The third kappa shape index (κ3) is 3.53. The fraction of sp³-hybridized carbons (Fsp3) is 0.875. The molecule has 0 aromatic carbocycles. The molecule has 1 aliphatic heterocycles. The van der Waals surface area contributed by atoms with E-state index in [-0.39, 0.29) is 23.6 Å². The van der Waals surface area contributed by atoms with Crippen LogP contribution < -0.4 is 10.6 Å². The Hall–Kier alpha value is -0.780. The van der Waals surface area contributed by atoms with Crippen LogP contribution in [0.5, 0.6) is 0 Å². The van der Waals surface area contributed by atoms with Crippen molar-refractivity contribution < 1.29 is 13.2 Å². The van der Waals surface area contributed by atoms with Crippen LogP contribution in [0.2, 0.25) is 0 Å². The maximum atomic E-state index is 11.2. The summed E-state index contributed by atoms with van der Waals surface area (Å²) in [6.07, 6.45) is 1.38. The highest BCUT2D eigenvalue weighted by atomic mass is 32.2. The first-order valence-electron chi connectivity index (χ1n) is 4.78. The van der Waals surface area contributed by atoms with Crippen molar-refractivity contribution in [1.29, 1.82) is 0 Å². The lowest BCUT2D eigenvalue weighted by Crippen LogP contribution is -2.47. The van der Waals surface area contributed by atoms with E-state index in [1.165, 1.54) is 0 Å². The molecule has 0 saturated carbocycles. The second kappa shape index (κ2) is 4.63. The smallest absolute Gasteiger partial charge is 0.315 e. The number of carbonyl (C=O) groups excluding carboxylic acids is 1. The summed E-state index contributed by atoms with van der Waals surface area (Å²) in [6, 6.07) is -0.505. The minimum absolute atomic E-state index is 0.0735. The normalized spacial score (nSPS) is 25.4. The van der Waals surface area contributed by atoms with E-state index < -0.39 is 9.84 Å². The van der Waals surface area contributed by atoms with Crippen LogP contribution in [0.3, 0.4) is 0 Å². The molecule has 1 aliphatic rings. The summed E-state index contributed by atoms with van der Waals surface area (Å²) < 4.78 is 22.5. The van der Waals surface area contributed by atoms with Crippen molar-refractivity contribution >= 4 is 15.9 Å². The van der Waals surface area contributed by atoms with Crippen molar-refractivity contribution in [2.75, 3.05) is 18.1 Å². The van der Waals surface area contributed by atoms with Crippen molar-refractivity contribution in [3.63, 3.8) is 0 Å². The predicted octanol–water partition coefficient (Wildman–Crippen LogP) is -0.117.